The molecule has 25 heavy (non-hydrogen) atoms. The van der Waals surface area contributed by atoms with Crippen LogP contribution in [0.3, 0.4) is 0 Å². The Hall–Kier alpha value is -3.00. The van der Waals surface area contributed by atoms with Gasteiger partial charge in [-0.25, -0.2) is 9.97 Å². The molecule has 4 aromatic rings. The number of amides is 1. The summed E-state index contributed by atoms with van der Waals surface area (Å²) in [6.07, 6.45) is 3.98. The molecule has 0 saturated heterocycles. The number of imidazole rings is 1. The topological polar surface area (TPSA) is 83.4 Å². The monoisotopic (exact) mass is 353 g/mol. The predicted octanol–water partition coefficient (Wildman–Crippen LogP) is 1.83. The average molecular weight is 353 g/mol. The van der Waals surface area contributed by atoms with E-state index >= 15 is 0 Å². The van der Waals surface area contributed by atoms with Crippen LogP contribution in [0.4, 0.5) is 0 Å². The molecule has 0 fully saturated rings. The number of aromatic amines is 1. The zero-order valence-electron chi connectivity index (χ0n) is 13.5. The Morgan fingerprint density at radius 2 is 2.16 bits per heavy atom. The van der Waals surface area contributed by atoms with Gasteiger partial charge in [0.05, 0.1) is 29.6 Å². The molecule has 0 atom stereocenters. The van der Waals surface area contributed by atoms with E-state index in [-0.39, 0.29) is 24.4 Å². The second kappa shape index (κ2) is 6.14. The molecule has 0 saturated carbocycles. The quantitative estimate of drug-likeness (QED) is 0.607. The maximum atomic E-state index is 12.4. The lowest BCUT2D eigenvalue weighted by Crippen LogP contribution is -2.29. The molecule has 0 aliphatic carbocycles. The molecule has 1 amide bonds. The number of hydrogen-bond acceptors (Lipinski definition) is 5. The van der Waals surface area contributed by atoms with Gasteiger partial charge in [0.2, 0.25) is 5.91 Å². The highest BCUT2D eigenvalue weighted by atomic mass is 32.1. The number of nitrogens with one attached hydrogen (secondary N) is 1. The van der Waals surface area contributed by atoms with Crippen LogP contribution in [0, 0.1) is 0 Å². The highest BCUT2D eigenvalue weighted by Crippen LogP contribution is 2.13. The number of fused-ring (bicyclic) bond motifs is 2. The maximum absolute atomic E-state index is 12.4. The summed E-state index contributed by atoms with van der Waals surface area (Å²) in [5.41, 5.74) is 1.15. The summed E-state index contributed by atoms with van der Waals surface area (Å²) in [5.74, 6) is 0.381. The summed E-state index contributed by atoms with van der Waals surface area (Å²) in [7, 11) is 1.69. The van der Waals surface area contributed by atoms with E-state index < -0.39 is 0 Å². The molecule has 3 heterocycles. The molecular formula is C17H15N5O2S. The van der Waals surface area contributed by atoms with Gasteiger partial charge in [-0.05, 0) is 12.1 Å². The second-order valence-corrected chi connectivity index (χ2v) is 6.65. The van der Waals surface area contributed by atoms with Crippen molar-refractivity contribution in [1.82, 2.24) is 24.3 Å². The maximum Gasteiger partial charge on any atom is 0.258 e. The van der Waals surface area contributed by atoms with Gasteiger partial charge in [-0.15, -0.1) is 11.3 Å². The van der Waals surface area contributed by atoms with E-state index in [9.17, 15) is 9.59 Å². The number of thiazole rings is 1. The number of hydrogen-bond donors (Lipinski definition) is 1. The van der Waals surface area contributed by atoms with Crippen molar-refractivity contribution >= 4 is 33.1 Å². The van der Waals surface area contributed by atoms with E-state index in [1.165, 1.54) is 11.3 Å². The summed E-state index contributed by atoms with van der Waals surface area (Å²) >= 11 is 1.53. The Morgan fingerprint density at radius 3 is 3.00 bits per heavy atom. The summed E-state index contributed by atoms with van der Waals surface area (Å²) < 4.78 is 1.90. The molecule has 1 N–H and O–H groups in total. The fourth-order valence-electron chi connectivity index (χ4n) is 2.67. The van der Waals surface area contributed by atoms with Crippen LogP contribution < -0.4 is 5.56 Å². The van der Waals surface area contributed by atoms with Crippen molar-refractivity contribution in [1.29, 1.82) is 0 Å². The Balaban J connectivity index is 1.51. The summed E-state index contributed by atoms with van der Waals surface area (Å²) in [6, 6.07) is 7.14. The third-order valence-corrected chi connectivity index (χ3v) is 4.72. The Morgan fingerprint density at radius 1 is 1.32 bits per heavy atom. The van der Waals surface area contributed by atoms with E-state index in [2.05, 4.69) is 15.0 Å². The Kier molecular flexibility index (Phi) is 3.81. The van der Waals surface area contributed by atoms with Crippen LogP contribution in [0.5, 0.6) is 0 Å². The van der Waals surface area contributed by atoms with Crippen LogP contribution in [0.2, 0.25) is 0 Å². The van der Waals surface area contributed by atoms with Gasteiger partial charge in [-0.3, -0.25) is 14.0 Å². The van der Waals surface area contributed by atoms with Crippen molar-refractivity contribution in [3.05, 3.63) is 63.9 Å². The lowest BCUT2D eigenvalue weighted by Gasteiger charge is -2.16. The molecular weight excluding hydrogens is 338 g/mol. The van der Waals surface area contributed by atoms with Crippen molar-refractivity contribution in [3.63, 3.8) is 0 Å². The number of carbonyl (C=O) groups excluding carboxylic acids is 1. The first kappa shape index (κ1) is 15.5. The highest BCUT2D eigenvalue weighted by Gasteiger charge is 2.14. The smallest absolute Gasteiger partial charge is 0.258 e. The average Bonchev–Trinajstić information content (AvgIpc) is 3.16. The van der Waals surface area contributed by atoms with E-state index in [4.69, 9.17) is 0 Å². The van der Waals surface area contributed by atoms with Crippen molar-refractivity contribution < 1.29 is 4.79 Å². The van der Waals surface area contributed by atoms with Crippen LogP contribution in [-0.4, -0.2) is 37.2 Å². The van der Waals surface area contributed by atoms with Crippen molar-refractivity contribution in [2.45, 2.75) is 13.0 Å². The Labute approximate surface area is 146 Å². The van der Waals surface area contributed by atoms with Gasteiger partial charge in [0.15, 0.2) is 4.96 Å². The summed E-state index contributed by atoms with van der Waals surface area (Å²) in [5, 5.41) is 2.49. The van der Waals surface area contributed by atoms with Crippen LogP contribution in [-0.2, 0) is 17.8 Å². The molecule has 7 nitrogen and oxygen atoms in total. The van der Waals surface area contributed by atoms with Crippen molar-refractivity contribution in [3.8, 4) is 0 Å². The van der Waals surface area contributed by atoms with Crippen LogP contribution in [0.1, 0.15) is 11.5 Å². The zero-order valence-corrected chi connectivity index (χ0v) is 14.3. The first-order chi connectivity index (χ1) is 12.1. The number of nitrogens with zero attached hydrogens (tertiary/aromatic N) is 4. The number of rotatable bonds is 4. The van der Waals surface area contributed by atoms with E-state index in [0.29, 0.717) is 16.7 Å². The van der Waals surface area contributed by atoms with Gasteiger partial charge in [-0.2, -0.15) is 0 Å². The molecule has 8 heteroatoms. The summed E-state index contributed by atoms with van der Waals surface area (Å²) in [6.45, 7) is 0.237. The predicted molar refractivity (Wildman–Crippen MR) is 95.6 cm³/mol. The molecule has 0 aliphatic rings. The minimum absolute atomic E-state index is 0.0819. The van der Waals surface area contributed by atoms with Crippen molar-refractivity contribution in [2.75, 3.05) is 7.05 Å². The summed E-state index contributed by atoms with van der Waals surface area (Å²) in [4.78, 5) is 38.5. The molecule has 126 valence electrons. The third kappa shape index (κ3) is 3.03. The molecule has 0 radical (unpaired) electrons. The highest BCUT2D eigenvalue weighted by molar-refractivity contribution is 7.15. The van der Waals surface area contributed by atoms with Gasteiger partial charge in [0, 0.05) is 24.8 Å². The van der Waals surface area contributed by atoms with Gasteiger partial charge in [-0.1, -0.05) is 12.1 Å². The van der Waals surface area contributed by atoms with Crippen LogP contribution in [0.25, 0.3) is 15.9 Å². The normalized spacial score (nSPS) is 11.2. The van der Waals surface area contributed by atoms with Crippen LogP contribution >= 0.6 is 11.3 Å². The zero-order chi connectivity index (χ0) is 17.4. The molecule has 1 aromatic carbocycles. The minimum Gasteiger partial charge on any atom is -0.338 e. The van der Waals surface area contributed by atoms with Crippen LogP contribution in [0.15, 0.2) is 46.8 Å². The number of carbonyl (C=O) groups is 1. The first-order valence-electron chi connectivity index (χ1n) is 7.73. The number of H-pyrrole nitrogens is 1. The minimum atomic E-state index is -0.198. The fraction of sp³-hybridized carbons (Fsp3) is 0.176. The molecule has 0 unspecified atom stereocenters. The molecule has 0 aliphatic heterocycles. The number of para-hydroxylation sites is 1. The first-order valence-corrected chi connectivity index (χ1v) is 8.61. The lowest BCUT2D eigenvalue weighted by molar-refractivity contribution is -0.129. The number of benzene rings is 1. The van der Waals surface area contributed by atoms with Gasteiger partial charge in [0.25, 0.3) is 5.56 Å². The van der Waals surface area contributed by atoms with Gasteiger partial charge in [0.1, 0.15) is 5.82 Å². The van der Waals surface area contributed by atoms with Crippen molar-refractivity contribution in [2.24, 2.45) is 0 Å². The third-order valence-electron chi connectivity index (χ3n) is 3.95. The molecule has 4 rings (SSSR count). The Bertz CT molecular complexity index is 1100. The lowest BCUT2D eigenvalue weighted by atomic mass is 10.2. The molecule has 3 aromatic heterocycles. The molecule has 0 bridgehead atoms. The molecule has 0 spiro atoms. The van der Waals surface area contributed by atoms with E-state index in [0.717, 1.165) is 10.7 Å². The van der Waals surface area contributed by atoms with Gasteiger partial charge >= 0.3 is 0 Å². The number of aromatic nitrogens is 4. The SMILES string of the molecule is CN(Cc1nc2ccccc2c(=O)[nH]1)C(=O)Cc1cn2ccsc2n1. The van der Waals surface area contributed by atoms with E-state index in [1.54, 1.807) is 30.1 Å². The number of likely N-dealkylation sites (N-methyl/N-ethyl adjacent to an activating group) is 1. The largest absolute Gasteiger partial charge is 0.338 e. The van der Waals surface area contributed by atoms with E-state index in [1.807, 2.05) is 28.2 Å². The standard InChI is InChI=1S/C17H15N5O2S/c1-21(15(23)8-11-9-22-6-7-25-17(22)18-11)10-14-19-13-5-3-2-4-12(13)16(24)20-14/h2-7,9H,8,10H2,1H3,(H,19,20,24). The van der Waals surface area contributed by atoms with Gasteiger partial charge < -0.3 is 9.88 Å². The second-order valence-electron chi connectivity index (χ2n) is 5.78. The fourth-order valence-corrected chi connectivity index (χ4v) is 3.39.